The number of rotatable bonds is 5. The highest BCUT2D eigenvalue weighted by molar-refractivity contribution is 7.19. The van der Waals surface area contributed by atoms with Gasteiger partial charge in [0.1, 0.15) is 5.01 Å². The highest BCUT2D eigenvalue weighted by Gasteiger charge is 2.25. The highest BCUT2D eigenvalue weighted by Crippen LogP contribution is 2.33. The second-order valence-electron chi connectivity index (χ2n) is 5.53. The third kappa shape index (κ3) is 3.68. The van der Waals surface area contributed by atoms with Crippen molar-refractivity contribution in [1.82, 2.24) is 4.98 Å². The second-order valence-corrected chi connectivity index (χ2v) is 6.56. The number of para-hydroxylation sites is 1. The number of carbonyl (C=O) groups is 1. The van der Waals surface area contributed by atoms with Crippen LogP contribution in [0.2, 0.25) is 0 Å². The van der Waals surface area contributed by atoms with Gasteiger partial charge in [-0.1, -0.05) is 12.1 Å². The molecule has 0 atom stereocenters. The first-order valence-corrected chi connectivity index (χ1v) is 8.41. The monoisotopic (exact) mass is 399 g/mol. The van der Waals surface area contributed by atoms with Crippen LogP contribution in [-0.4, -0.2) is 16.1 Å². The first-order chi connectivity index (χ1) is 12.8. The van der Waals surface area contributed by atoms with Gasteiger partial charge in [0.25, 0.3) is 0 Å². The third-order valence-electron chi connectivity index (χ3n) is 3.74. The number of aliphatic carboxylic acids is 1. The fraction of sp³-hybridized carbons (Fsp3) is 0.111. The maximum absolute atomic E-state index is 14.0. The lowest BCUT2D eigenvalue weighted by Gasteiger charge is -2.07. The first kappa shape index (κ1) is 19.0. The molecule has 1 aromatic heterocycles. The van der Waals surface area contributed by atoms with Crippen molar-refractivity contribution in [3.63, 3.8) is 0 Å². The number of hydrogen-bond acceptors (Lipinski definition) is 3. The van der Waals surface area contributed by atoms with E-state index in [-0.39, 0.29) is 17.0 Å². The van der Waals surface area contributed by atoms with Gasteiger partial charge in [-0.05, 0) is 30.2 Å². The number of halogens is 5. The third-order valence-corrected chi connectivity index (χ3v) is 4.85. The summed E-state index contributed by atoms with van der Waals surface area (Å²) in [4.78, 5) is 15.1. The standard InChI is InChI=1S/C18H10F5NO2S/c19-13-9(14(20)16(22)17(23)15(13)21)7-8(5-6-12(25)26)18-24-10-3-1-2-4-11(10)27-18/h1-4,7H,5-6H2,(H,25,26). The molecule has 9 heteroatoms. The molecular formula is C18H10F5NO2S. The van der Waals surface area contributed by atoms with E-state index in [2.05, 4.69) is 4.98 Å². The molecular weight excluding hydrogens is 389 g/mol. The Bertz CT molecular complexity index is 1020. The van der Waals surface area contributed by atoms with E-state index in [1.165, 1.54) is 0 Å². The number of hydrogen-bond donors (Lipinski definition) is 1. The van der Waals surface area contributed by atoms with Gasteiger partial charge in [-0.25, -0.2) is 26.9 Å². The van der Waals surface area contributed by atoms with Gasteiger partial charge in [0, 0.05) is 6.42 Å². The van der Waals surface area contributed by atoms with Gasteiger partial charge >= 0.3 is 5.97 Å². The Labute approximate surface area is 153 Å². The number of fused-ring (bicyclic) bond motifs is 1. The van der Waals surface area contributed by atoms with Gasteiger partial charge in [-0.2, -0.15) is 0 Å². The van der Waals surface area contributed by atoms with Crippen molar-refractivity contribution in [3.8, 4) is 0 Å². The van der Waals surface area contributed by atoms with Crippen LogP contribution in [0.25, 0.3) is 21.9 Å². The van der Waals surface area contributed by atoms with Gasteiger partial charge in [-0.15, -0.1) is 11.3 Å². The molecule has 0 fully saturated rings. The first-order valence-electron chi connectivity index (χ1n) is 7.59. The van der Waals surface area contributed by atoms with E-state index in [0.29, 0.717) is 5.52 Å². The molecule has 2 aromatic carbocycles. The van der Waals surface area contributed by atoms with Crippen LogP contribution in [0.4, 0.5) is 22.0 Å². The lowest BCUT2D eigenvalue weighted by Crippen LogP contribution is -2.04. The zero-order valence-corrected chi connectivity index (χ0v) is 14.2. The van der Waals surface area contributed by atoms with Crippen LogP contribution in [-0.2, 0) is 4.79 Å². The summed E-state index contributed by atoms with van der Waals surface area (Å²) < 4.78 is 68.8. The minimum absolute atomic E-state index is 0.0572. The molecule has 0 amide bonds. The summed E-state index contributed by atoms with van der Waals surface area (Å²) in [7, 11) is 0. The molecule has 0 aliphatic rings. The largest absolute Gasteiger partial charge is 0.481 e. The molecule has 0 unspecified atom stereocenters. The van der Waals surface area contributed by atoms with E-state index >= 15 is 0 Å². The second kappa shape index (κ2) is 7.43. The summed E-state index contributed by atoms with van der Waals surface area (Å²) in [6, 6.07) is 6.89. The molecule has 0 spiro atoms. The molecule has 3 rings (SSSR count). The predicted molar refractivity (Wildman–Crippen MR) is 90.6 cm³/mol. The lowest BCUT2D eigenvalue weighted by atomic mass is 10.0. The molecule has 3 aromatic rings. The summed E-state index contributed by atoms with van der Waals surface area (Å²) in [6.07, 6.45) is 0.155. The van der Waals surface area contributed by atoms with Crippen molar-refractivity contribution in [2.24, 2.45) is 0 Å². The van der Waals surface area contributed by atoms with Crippen molar-refractivity contribution in [2.45, 2.75) is 12.8 Å². The number of allylic oxidation sites excluding steroid dienone is 1. The summed E-state index contributed by atoms with van der Waals surface area (Å²) in [5.41, 5.74) is -0.510. The van der Waals surface area contributed by atoms with Crippen molar-refractivity contribution in [2.75, 3.05) is 0 Å². The fourth-order valence-electron chi connectivity index (χ4n) is 2.41. The number of benzene rings is 2. The predicted octanol–water partition coefficient (Wildman–Crippen LogP) is 5.40. The highest BCUT2D eigenvalue weighted by atomic mass is 32.1. The van der Waals surface area contributed by atoms with Crippen molar-refractivity contribution < 1.29 is 31.9 Å². The smallest absolute Gasteiger partial charge is 0.303 e. The maximum atomic E-state index is 14.0. The van der Waals surface area contributed by atoms with Crippen LogP contribution < -0.4 is 0 Å². The normalized spacial score (nSPS) is 12.0. The zero-order valence-electron chi connectivity index (χ0n) is 13.4. The van der Waals surface area contributed by atoms with Gasteiger partial charge < -0.3 is 5.11 Å². The molecule has 1 N–H and O–H groups in total. The summed E-state index contributed by atoms with van der Waals surface area (Å²) >= 11 is 1.12. The minimum atomic E-state index is -2.26. The van der Waals surface area contributed by atoms with E-state index in [9.17, 15) is 26.7 Å². The maximum Gasteiger partial charge on any atom is 0.303 e. The van der Waals surface area contributed by atoms with Crippen LogP contribution in [0.1, 0.15) is 23.4 Å². The van der Waals surface area contributed by atoms with Crippen LogP contribution in [0.15, 0.2) is 24.3 Å². The number of aromatic nitrogens is 1. The molecule has 0 aliphatic carbocycles. The van der Waals surface area contributed by atoms with Crippen molar-refractivity contribution >= 4 is 39.2 Å². The van der Waals surface area contributed by atoms with Gasteiger partial charge in [0.05, 0.1) is 15.8 Å². The Hall–Kier alpha value is -2.81. The number of carboxylic acids is 1. The Morgan fingerprint density at radius 2 is 1.56 bits per heavy atom. The van der Waals surface area contributed by atoms with Crippen LogP contribution in [0.5, 0.6) is 0 Å². The molecule has 0 aliphatic heterocycles. The molecule has 0 radical (unpaired) electrons. The number of nitrogens with zero attached hydrogens (tertiary/aromatic N) is 1. The topological polar surface area (TPSA) is 50.2 Å². The minimum Gasteiger partial charge on any atom is -0.481 e. The van der Waals surface area contributed by atoms with E-state index in [1.54, 1.807) is 24.3 Å². The lowest BCUT2D eigenvalue weighted by molar-refractivity contribution is -0.136. The molecule has 0 saturated heterocycles. The van der Waals surface area contributed by atoms with Gasteiger partial charge in [0.15, 0.2) is 23.3 Å². The summed E-state index contributed by atoms with van der Waals surface area (Å²) in [5.74, 6) is -11.5. The van der Waals surface area contributed by atoms with E-state index in [0.717, 1.165) is 22.1 Å². The summed E-state index contributed by atoms with van der Waals surface area (Å²) in [6.45, 7) is 0. The average molecular weight is 399 g/mol. The van der Waals surface area contributed by atoms with Crippen molar-refractivity contribution in [3.05, 3.63) is 63.9 Å². The number of thiazole rings is 1. The van der Waals surface area contributed by atoms with Crippen molar-refractivity contribution in [1.29, 1.82) is 0 Å². The Morgan fingerprint density at radius 1 is 0.963 bits per heavy atom. The van der Waals surface area contributed by atoms with E-state index in [1.807, 2.05) is 0 Å². The zero-order chi connectivity index (χ0) is 19.7. The molecule has 0 bridgehead atoms. The van der Waals surface area contributed by atoms with E-state index < -0.39 is 47.0 Å². The van der Waals surface area contributed by atoms with Gasteiger partial charge in [-0.3, -0.25) is 4.79 Å². The number of carboxylic acid groups (broad SMARTS) is 1. The van der Waals surface area contributed by atoms with Crippen LogP contribution in [0, 0.1) is 29.1 Å². The van der Waals surface area contributed by atoms with Crippen LogP contribution >= 0.6 is 11.3 Å². The van der Waals surface area contributed by atoms with Crippen LogP contribution in [0.3, 0.4) is 0 Å². The molecule has 0 saturated carbocycles. The molecule has 27 heavy (non-hydrogen) atoms. The fourth-order valence-corrected chi connectivity index (χ4v) is 3.42. The SMILES string of the molecule is O=C(O)CCC(=Cc1c(F)c(F)c(F)c(F)c1F)c1nc2ccccc2s1. The quantitative estimate of drug-likeness (QED) is 0.355. The Kier molecular flexibility index (Phi) is 5.22. The van der Waals surface area contributed by atoms with E-state index in [4.69, 9.17) is 5.11 Å². The summed E-state index contributed by atoms with van der Waals surface area (Å²) in [5, 5.41) is 9.12. The Morgan fingerprint density at radius 3 is 2.15 bits per heavy atom. The molecule has 1 heterocycles. The van der Waals surface area contributed by atoms with Gasteiger partial charge in [0.2, 0.25) is 5.82 Å². The average Bonchev–Trinajstić information content (AvgIpc) is 3.08. The molecule has 3 nitrogen and oxygen atoms in total. The molecule has 140 valence electrons. The Balaban J connectivity index is 2.18.